The normalized spacial score (nSPS) is 52.0. The van der Waals surface area contributed by atoms with Crippen LogP contribution in [-0.4, -0.2) is 22.4 Å². The fourth-order valence-electron chi connectivity index (χ4n) is 8.48. The lowest BCUT2D eigenvalue weighted by atomic mass is 9.44. The van der Waals surface area contributed by atoms with Crippen molar-refractivity contribution in [1.82, 2.24) is 0 Å². The van der Waals surface area contributed by atoms with Crippen LogP contribution in [0.15, 0.2) is 0 Å². The van der Waals surface area contributed by atoms with Gasteiger partial charge in [-0.2, -0.15) is 0 Å². The standard InChI is InChI=1S/C24H42O2/c1-16(25)5-4-6-17-8-10-21-20-9-7-18-15-19(26)11-13-24(18,3)22(20)12-14-23(17,21)2/h16-22,25-26H,4-15H2,1-3H3/t16?,17-,18?,19-,20?,21?,22?,23?,24-/m0/s1. The van der Waals surface area contributed by atoms with Gasteiger partial charge in [0.1, 0.15) is 0 Å². The molecule has 0 aromatic rings. The average molecular weight is 363 g/mol. The van der Waals surface area contributed by atoms with Crippen LogP contribution in [0.25, 0.3) is 0 Å². The van der Waals surface area contributed by atoms with Gasteiger partial charge in [-0.25, -0.2) is 0 Å². The Bertz CT molecular complexity index is 502. The second kappa shape index (κ2) is 7.07. The van der Waals surface area contributed by atoms with Gasteiger partial charge >= 0.3 is 0 Å². The van der Waals surface area contributed by atoms with Crippen molar-refractivity contribution < 1.29 is 10.2 Å². The van der Waals surface area contributed by atoms with Crippen LogP contribution in [0.1, 0.15) is 97.8 Å². The highest BCUT2D eigenvalue weighted by molar-refractivity contribution is 5.09. The minimum absolute atomic E-state index is 0.0248. The molecule has 2 heteroatoms. The van der Waals surface area contributed by atoms with Gasteiger partial charge in [0.05, 0.1) is 12.2 Å². The summed E-state index contributed by atoms with van der Waals surface area (Å²) in [5.41, 5.74) is 1.07. The number of hydrogen-bond donors (Lipinski definition) is 2. The Hall–Kier alpha value is -0.0800. The maximum atomic E-state index is 10.2. The molecule has 4 aliphatic carbocycles. The summed E-state index contributed by atoms with van der Waals surface area (Å²) in [7, 11) is 0. The first-order valence-electron chi connectivity index (χ1n) is 11.7. The molecule has 4 rings (SSSR count). The zero-order valence-corrected chi connectivity index (χ0v) is 17.4. The van der Waals surface area contributed by atoms with Crippen LogP contribution in [-0.2, 0) is 0 Å². The van der Waals surface area contributed by atoms with Gasteiger partial charge in [-0.1, -0.05) is 20.3 Å². The molecule has 0 bridgehead atoms. The molecule has 0 heterocycles. The van der Waals surface area contributed by atoms with E-state index in [4.69, 9.17) is 0 Å². The molecule has 150 valence electrons. The lowest BCUT2D eigenvalue weighted by Crippen LogP contribution is -2.53. The summed E-state index contributed by atoms with van der Waals surface area (Å²) in [4.78, 5) is 0. The summed E-state index contributed by atoms with van der Waals surface area (Å²) in [6, 6.07) is 0. The number of fused-ring (bicyclic) bond motifs is 5. The second-order valence-electron chi connectivity index (χ2n) is 11.2. The number of aliphatic hydroxyl groups excluding tert-OH is 2. The van der Waals surface area contributed by atoms with Gasteiger partial charge in [-0.15, -0.1) is 0 Å². The maximum absolute atomic E-state index is 10.2. The van der Waals surface area contributed by atoms with E-state index >= 15 is 0 Å². The molecule has 0 aliphatic heterocycles. The highest BCUT2D eigenvalue weighted by Gasteiger charge is 2.59. The molecule has 26 heavy (non-hydrogen) atoms. The van der Waals surface area contributed by atoms with Gasteiger partial charge in [0, 0.05) is 0 Å². The summed E-state index contributed by atoms with van der Waals surface area (Å²) in [5.74, 6) is 4.49. The lowest BCUT2D eigenvalue weighted by Gasteiger charge is -2.61. The summed E-state index contributed by atoms with van der Waals surface area (Å²) in [5, 5.41) is 19.8. The van der Waals surface area contributed by atoms with Crippen LogP contribution < -0.4 is 0 Å². The summed E-state index contributed by atoms with van der Waals surface area (Å²) in [6.45, 7) is 7.16. The van der Waals surface area contributed by atoms with Crippen LogP contribution in [0.2, 0.25) is 0 Å². The Morgan fingerprint density at radius 2 is 1.65 bits per heavy atom. The minimum atomic E-state index is -0.132. The fraction of sp³-hybridized carbons (Fsp3) is 1.00. The summed E-state index contributed by atoms with van der Waals surface area (Å²) < 4.78 is 0. The predicted octanol–water partition coefficient (Wildman–Crippen LogP) is 5.56. The van der Waals surface area contributed by atoms with E-state index in [0.717, 1.165) is 48.9 Å². The molecule has 0 saturated heterocycles. The summed E-state index contributed by atoms with van der Waals surface area (Å²) >= 11 is 0. The molecular formula is C24H42O2. The Morgan fingerprint density at radius 3 is 2.42 bits per heavy atom. The third-order valence-corrected chi connectivity index (χ3v) is 10.0. The lowest BCUT2D eigenvalue weighted by molar-refractivity contribution is -0.127. The van der Waals surface area contributed by atoms with Crippen molar-refractivity contribution in [3.8, 4) is 0 Å². The van der Waals surface area contributed by atoms with Crippen molar-refractivity contribution >= 4 is 0 Å². The molecule has 2 nitrogen and oxygen atoms in total. The van der Waals surface area contributed by atoms with Crippen molar-refractivity contribution in [1.29, 1.82) is 0 Å². The van der Waals surface area contributed by atoms with Crippen molar-refractivity contribution in [3.05, 3.63) is 0 Å². The predicted molar refractivity (Wildman–Crippen MR) is 107 cm³/mol. The van der Waals surface area contributed by atoms with E-state index < -0.39 is 0 Å². The molecule has 4 aliphatic rings. The zero-order valence-electron chi connectivity index (χ0n) is 17.4. The largest absolute Gasteiger partial charge is 0.393 e. The molecule has 0 spiro atoms. The van der Waals surface area contributed by atoms with E-state index in [2.05, 4.69) is 13.8 Å². The number of aliphatic hydroxyl groups is 2. The van der Waals surface area contributed by atoms with Gasteiger partial charge in [0.25, 0.3) is 0 Å². The van der Waals surface area contributed by atoms with Gasteiger partial charge in [0.15, 0.2) is 0 Å². The van der Waals surface area contributed by atoms with Crippen LogP contribution in [0.3, 0.4) is 0 Å². The molecule has 9 atom stereocenters. The maximum Gasteiger partial charge on any atom is 0.0543 e. The molecule has 4 saturated carbocycles. The second-order valence-corrected chi connectivity index (χ2v) is 11.2. The Balaban J connectivity index is 1.47. The first kappa shape index (κ1) is 19.2. The molecule has 4 fully saturated rings. The first-order valence-corrected chi connectivity index (χ1v) is 11.7. The highest BCUT2D eigenvalue weighted by Crippen LogP contribution is 2.67. The van der Waals surface area contributed by atoms with Gasteiger partial charge in [0.2, 0.25) is 0 Å². The van der Waals surface area contributed by atoms with E-state index in [0.29, 0.717) is 10.8 Å². The quantitative estimate of drug-likeness (QED) is 0.687. The third-order valence-electron chi connectivity index (χ3n) is 10.0. The monoisotopic (exact) mass is 362 g/mol. The molecular weight excluding hydrogens is 320 g/mol. The fourth-order valence-corrected chi connectivity index (χ4v) is 8.48. The number of rotatable bonds is 4. The van der Waals surface area contributed by atoms with Crippen LogP contribution >= 0.6 is 0 Å². The Kier molecular flexibility index (Phi) is 5.23. The highest BCUT2D eigenvalue weighted by atomic mass is 16.3. The van der Waals surface area contributed by atoms with E-state index in [9.17, 15) is 10.2 Å². The zero-order chi connectivity index (χ0) is 18.5. The average Bonchev–Trinajstić information content (AvgIpc) is 2.92. The van der Waals surface area contributed by atoms with Crippen molar-refractivity contribution in [2.45, 2.75) is 110 Å². The topological polar surface area (TPSA) is 40.5 Å². The van der Waals surface area contributed by atoms with Crippen LogP contribution in [0.4, 0.5) is 0 Å². The Labute approximate surface area is 161 Å². The van der Waals surface area contributed by atoms with Gasteiger partial charge < -0.3 is 10.2 Å². The van der Waals surface area contributed by atoms with Crippen molar-refractivity contribution in [2.24, 2.45) is 40.4 Å². The number of hydrogen-bond acceptors (Lipinski definition) is 2. The molecule has 0 radical (unpaired) electrons. The first-order chi connectivity index (χ1) is 12.3. The SMILES string of the molecule is CC(O)CCC[C@H]1CCC2C3CCC4C[C@@H](O)CC[C@]4(C)C3CCC21C. The van der Waals surface area contributed by atoms with E-state index in [1.54, 1.807) is 0 Å². The molecule has 0 aromatic heterocycles. The van der Waals surface area contributed by atoms with Gasteiger partial charge in [-0.05, 0) is 118 Å². The molecule has 6 unspecified atom stereocenters. The van der Waals surface area contributed by atoms with Crippen molar-refractivity contribution in [3.63, 3.8) is 0 Å². The smallest absolute Gasteiger partial charge is 0.0543 e. The van der Waals surface area contributed by atoms with Crippen LogP contribution in [0, 0.1) is 40.4 Å². The molecule has 2 N–H and O–H groups in total. The third kappa shape index (κ3) is 3.08. The van der Waals surface area contributed by atoms with Gasteiger partial charge in [-0.3, -0.25) is 0 Å². The van der Waals surface area contributed by atoms with E-state index in [1.165, 1.54) is 57.8 Å². The van der Waals surface area contributed by atoms with Crippen molar-refractivity contribution in [2.75, 3.05) is 0 Å². The summed E-state index contributed by atoms with van der Waals surface area (Å²) in [6.07, 6.45) is 15.3. The van der Waals surface area contributed by atoms with Crippen LogP contribution in [0.5, 0.6) is 0 Å². The minimum Gasteiger partial charge on any atom is -0.393 e. The molecule has 0 aromatic carbocycles. The van der Waals surface area contributed by atoms with E-state index in [-0.39, 0.29) is 12.2 Å². The Morgan fingerprint density at radius 1 is 0.923 bits per heavy atom. The van der Waals surface area contributed by atoms with E-state index in [1.807, 2.05) is 6.92 Å². The molecule has 0 amide bonds.